The fourth-order valence-corrected chi connectivity index (χ4v) is 11.7. The van der Waals surface area contributed by atoms with Crippen LogP contribution in [0.2, 0.25) is 21.6 Å². The van der Waals surface area contributed by atoms with Gasteiger partial charge in [0.05, 0.1) is 42.3 Å². The van der Waals surface area contributed by atoms with Crippen LogP contribution in [-0.2, 0) is 14.0 Å². The summed E-state index contributed by atoms with van der Waals surface area (Å²) >= 11 is 6.44. The maximum Gasteiger partial charge on any atom is 0.269 e. The van der Waals surface area contributed by atoms with Gasteiger partial charge in [-0.1, -0.05) is 59.2 Å². The van der Waals surface area contributed by atoms with E-state index in [1.165, 1.54) is 29.3 Å². The Hall–Kier alpha value is -3.96. The topological polar surface area (TPSA) is 137 Å². The van der Waals surface area contributed by atoms with Crippen LogP contribution in [-0.4, -0.2) is 64.4 Å². The molecule has 4 aromatic rings. The average molecular weight is 668 g/mol. The molecule has 11 nitrogen and oxygen atoms in total. The molecule has 0 fully saturated rings. The van der Waals surface area contributed by atoms with Gasteiger partial charge in [-0.3, -0.25) is 4.79 Å². The molecular formula is C32H39ClFN7O4Si. The van der Waals surface area contributed by atoms with Crippen molar-refractivity contribution in [1.29, 1.82) is 5.26 Å². The van der Waals surface area contributed by atoms with Gasteiger partial charge in [0.2, 0.25) is 12.0 Å². The lowest BCUT2D eigenvalue weighted by Crippen LogP contribution is -2.49. The predicted octanol–water partition coefficient (Wildman–Crippen LogP) is 6.86. The van der Waals surface area contributed by atoms with Crippen molar-refractivity contribution in [3.8, 4) is 17.6 Å². The number of para-hydroxylation sites is 1. The Balaban J connectivity index is 1.60. The number of halogens is 2. The van der Waals surface area contributed by atoms with Crippen LogP contribution >= 0.6 is 11.6 Å². The van der Waals surface area contributed by atoms with E-state index in [1.807, 2.05) is 6.92 Å². The lowest BCUT2D eigenvalue weighted by atomic mass is 10.2. The molecule has 2 unspecified atom stereocenters. The van der Waals surface area contributed by atoms with Crippen molar-refractivity contribution in [3.05, 3.63) is 65.5 Å². The molecule has 0 bridgehead atoms. The van der Waals surface area contributed by atoms with Gasteiger partial charge in [-0.05, 0) is 47.8 Å². The van der Waals surface area contributed by atoms with Crippen molar-refractivity contribution in [2.24, 2.45) is 0 Å². The summed E-state index contributed by atoms with van der Waals surface area (Å²) in [5.74, 6) is -0.918. The molecule has 2 atom stereocenters. The molecule has 46 heavy (non-hydrogen) atoms. The maximum absolute atomic E-state index is 13.5. The van der Waals surface area contributed by atoms with Crippen molar-refractivity contribution < 1.29 is 23.1 Å². The molecule has 0 aliphatic carbocycles. The number of nitriles is 1. The van der Waals surface area contributed by atoms with E-state index in [9.17, 15) is 14.4 Å². The first-order valence-electron chi connectivity index (χ1n) is 15.1. The van der Waals surface area contributed by atoms with Crippen LogP contribution in [0, 0.1) is 17.1 Å². The SMILES string of the molecule is CC(CO[Si](C(C)C)(C(C)C)C(C)C)OCC(Oc1ncnc2c1cnn2-c1c(Cl)cccc1C#N)C(=O)Nc1ccc(F)cn1. The number of hydrogen-bond donors (Lipinski definition) is 1. The van der Waals surface area contributed by atoms with Crippen LogP contribution in [0.1, 0.15) is 54.0 Å². The number of ether oxygens (including phenoxy) is 2. The quantitative estimate of drug-likeness (QED) is 0.143. The van der Waals surface area contributed by atoms with Gasteiger partial charge < -0.3 is 19.2 Å². The highest BCUT2D eigenvalue weighted by Crippen LogP contribution is 2.42. The summed E-state index contributed by atoms with van der Waals surface area (Å²) in [5.41, 5.74) is 2.17. The van der Waals surface area contributed by atoms with Crippen LogP contribution in [0.3, 0.4) is 0 Å². The van der Waals surface area contributed by atoms with Gasteiger partial charge in [0.15, 0.2) is 14.0 Å². The number of nitrogens with zero attached hydrogens (tertiary/aromatic N) is 6. The first-order valence-corrected chi connectivity index (χ1v) is 17.6. The lowest BCUT2D eigenvalue weighted by molar-refractivity contribution is -0.127. The van der Waals surface area contributed by atoms with E-state index in [-0.39, 0.29) is 24.4 Å². The van der Waals surface area contributed by atoms with Gasteiger partial charge >= 0.3 is 0 Å². The summed E-state index contributed by atoms with van der Waals surface area (Å²) in [4.78, 5) is 26.0. The number of aromatic nitrogens is 5. The van der Waals surface area contributed by atoms with E-state index in [4.69, 9.17) is 25.5 Å². The number of amides is 1. The zero-order valence-electron chi connectivity index (χ0n) is 27.0. The number of rotatable bonds is 14. The Bertz CT molecular complexity index is 1670. The van der Waals surface area contributed by atoms with Crippen LogP contribution in [0.5, 0.6) is 5.88 Å². The Morgan fingerprint density at radius 1 is 1.02 bits per heavy atom. The summed E-state index contributed by atoms with van der Waals surface area (Å²) in [5, 5.41) is 17.4. The average Bonchev–Trinajstić information content (AvgIpc) is 3.44. The van der Waals surface area contributed by atoms with E-state index in [0.717, 1.165) is 6.20 Å². The fraction of sp³-hybridized carbons (Fsp3) is 0.438. The van der Waals surface area contributed by atoms with Crippen molar-refractivity contribution in [3.63, 3.8) is 0 Å². The van der Waals surface area contributed by atoms with Crippen molar-refractivity contribution in [1.82, 2.24) is 24.7 Å². The van der Waals surface area contributed by atoms with Gasteiger partial charge in [-0.15, -0.1) is 0 Å². The summed E-state index contributed by atoms with van der Waals surface area (Å²) < 4.78 is 33.9. The number of pyridine rings is 1. The normalized spacial score (nSPS) is 13.3. The second-order valence-corrected chi connectivity index (χ2v) is 17.8. The number of hydrogen-bond acceptors (Lipinski definition) is 9. The summed E-state index contributed by atoms with van der Waals surface area (Å²) in [6.45, 7) is 15.4. The van der Waals surface area contributed by atoms with Crippen LogP contribution in [0.15, 0.2) is 49.1 Å². The van der Waals surface area contributed by atoms with Gasteiger partial charge in [0, 0.05) is 0 Å². The summed E-state index contributed by atoms with van der Waals surface area (Å²) in [6.07, 6.45) is 2.18. The third kappa shape index (κ3) is 7.53. The minimum atomic E-state index is -2.14. The van der Waals surface area contributed by atoms with Crippen LogP contribution in [0.4, 0.5) is 10.2 Å². The number of carbonyl (C=O) groups is 1. The molecule has 0 aliphatic heterocycles. The molecule has 14 heteroatoms. The lowest BCUT2D eigenvalue weighted by Gasteiger charge is -2.42. The Morgan fingerprint density at radius 2 is 1.74 bits per heavy atom. The predicted molar refractivity (Wildman–Crippen MR) is 176 cm³/mol. The summed E-state index contributed by atoms with van der Waals surface area (Å²) in [6, 6.07) is 9.59. The van der Waals surface area contributed by atoms with Gasteiger partial charge in [-0.25, -0.2) is 24.0 Å². The van der Waals surface area contributed by atoms with E-state index in [0.29, 0.717) is 50.5 Å². The third-order valence-corrected chi connectivity index (χ3v) is 14.4. The van der Waals surface area contributed by atoms with Crippen LogP contribution in [0.25, 0.3) is 16.7 Å². The van der Waals surface area contributed by atoms with E-state index in [2.05, 4.69) is 73.0 Å². The van der Waals surface area contributed by atoms with Crippen molar-refractivity contribution in [2.75, 3.05) is 18.5 Å². The smallest absolute Gasteiger partial charge is 0.269 e. The molecule has 0 saturated heterocycles. The second kappa shape index (κ2) is 15.1. The van der Waals surface area contributed by atoms with Crippen LogP contribution < -0.4 is 10.1 Å². The fourth-order valence-electron chi connectivity index (χ4n) is 5.92. The first kappa shape index (κ1) is 34.9. The Kier molecular flexibility index (Phi) is 11.4. The highest BCUT2D eigenvalue weighted by atomic mass is 35.5. The van der Waals surface area contributed by atoms with Gasteiger partial charge in [-0.2, -0.15) is 10.4 Å². The number of benzene rings is 1. The Labute approximate surface area is 274 Å². The molecule has 0 saturated carbocycles. The maximum atomic E-state index is 13.5. The molecule has 3 heterocycles. The molecule has 0 spiro atoms. The summed E-state index contributed by atoms with van der Waals surface area (Å²) in [7, 11) is -2.14. The first-order chi connectivity index (χ1) is 21.9. The minimum Gasteiger partial charge on any atom is -0.461 e. The number of nitrogens with one attached hydrogen (secondary N) is 1. The number of anilines is 1. The standard InChI is InChI=1S/C32H39ClFN7O4Si/c1-19(2)46(20(3)4,21(5)6)44-16-22(7)43-17-27(31(42)40-28-12-11-24(34)14-36-28)45-32-25-15-39-41(30(25)37-18-38-32)29-23(13-35)9-8-10-26(29)33/h8-12,14-15,18-22,27H,16-17H2,1-7H3,(H,36,40,42). The van der Waals surface area contributed by atoms with Crippen molar-refractivity contribution in [2.45, 2.75) is 77.3 Å². The molecule has 3 aromatic heterocycles. The highest BCUT2D eigenvalue weighted by Gasteiger charge is 2.45. The molecule has 0 radical (unpaired) electrons. The molecule has 4 rings (SSSR count). The number of carbonyl (C=O) groups excluding carboxylic acids is 1. The van der Waals surface area contributed by atoms with Gasteiger partial charge in [0.25, 0.3) is 5.91 Å². The molecule has 1 aromatic carbocycles. The molecule has 1 amide bonds. The molecular weight excluding hydrogens is 629 g/mol. The molecule has 244 valence electrons. The highest BCUT2D eigenvalue weighted by molar-refractivity contribution is 6.77. The van der Waals surface area contributed by atoms with E-state index in [1.54, 1.807) is 18.2 Å². The minimum absolute atomic E-state index is 0.0624. The number of fused-ring (bicyclic) bond motifs is 1. The monoisotopic (exact) mass is 667 g/mol. The van der Waals surface area contributed by atoms with E-state index >= 15 is 0 Å². The van der Waals surface area contributed by atoms with Gasteiger partial charge in [0.1, 0.15) is 35.1 Å². The van der Waals surface area contributed by atoms with E-state index < -0.39 is 26.1 Å². The zero-order valence-corrected chi connectivity index (χ0v) is 28.7. The third-order valence-electron chi connectivity index (χ3n) is 7.98. The van der Waals surface area contributed by atoms with Crippen molar-refractivity contribution >= 4 is 42.7 Å². The Morgan fingerprint density at radius 3 is 2.37 bits per heavy atom. The molecule has 0 aliphatic rings. The largest absolute Gasteiger partial charge is 0.461 e. The second-order valence-electron chi connectivity index (χ2n) is 12.0. The molecule has 1 N–H and O–H groups in total. The zero-order chi connectivity index (χ0) is 33.6.